The number of amides is 2. The zero-order valence-corrected chi connectivity index (χ0v) is 17.6. The first-order valence-corrected chi connectivity index (χ1v) is 10.9. The number of carbonyl (C=O) groups is 3. The first-order valence-electron chi connectivity index (χ1n) is 9.48. The van der Waals surface area contributed by atoms with Gasteiger partial charge in [0.2, 0.25) is 6.79 Å². The second-order valence-corrected chi connectivity index (χ2v) is 7.62. The molecule has 0 fully saturated rings. The topological polar surface area (TPSA) is 114 Å². The van der Waals surface area contributed by atoms with E-state index in [1.54, 1.807) is 48.5 Å². The van der Waals surface area contributed by atoms with Crippen LogP contribution in [0.15, 0.2) is 54.2 Å². The number of nitrogens with one attached hydrogen (secondary N) is 2. The van der Waals surface area contributed by atoms with E-state index in [2.05, 4.69) is 10.6 Å². The molecule has 3 N–H and O–H groups in total. The molecular formula is C22H22N2O6S. The Bertz CT molecular complexity index is 993. The van der Waals surface area contributed by atoms with Crippen molar-refractivity contribution in [1.82, 2.24) is 10.6 Å². The molecule has 2 aromatic carbocycles. The van der Waals surface area contributed by atoms with Crippen molar-refractivity contribution >= 4 is 35.6 Å². The van der Waals surface area contributed by atoms with Crippen LogP contribution in [0.2, 0.25) is 0 Å². The van der Waals surface area contributed by atoms with Gasteiger partial charge in [-0.25, -0.2) is 4.79 Å². The fourth-order valence-corrected chi connectivity index (χ4v) is 3.31. The molecule has 0 saturated heterocycles. The SMILES string of the molecule is CSCC[C@H](NC(=O)/C(=C/c1ccc2c(c1)OCO2)NC(=O)c1ccccc1)C(=O)O. The Hall–Kier alpha value is -3.46. The van der Waals surface area contributed by atoms with Gasteiger partial charge in [0.25, 0.3) is 11.8 Å². The summed E-state index contributed by atoms with van der Waals surface area (Å²) in [7, 11) is 0. The summed E-state index contributed by atoms with van der Waals surface area (Å²) < 4.78 is 10.6. The molecule has 1 aliphatic heterocycles. The van der Waals surface area contributed by atoms with Crippen LogP contribution >= 0.6 is 11.8 Å². The maximum Gasteiger partial charge on any atom is 0.326 e. The predicted molar refractivity (Wildman–Crippen MR) is 117 cm³/mol. The Morgan fingerprint density at radius 1 is 1.13 bits per heavy atom. The van der Waals surface area contributed by atoms with Crippen LogP contribution in [-0.4, -0.2) is 47.7 Å². The molecule has 0 aromatic heterocycles. The third-order valence-corrected chi connectivity index (χ3v) is 5.09. The Morgan fingerprint density at radius 2 is 1.87 bits per heavy atom. The molecule has 2 aromatic rings. The van der Waals surface area contributed by atoms with Crippen LogP contribution in [0.1, 0.15) is 22.3 Å². The van der Waals surface area contributed by atoms with E-state index >= 15 is 0 Å². The summed E-state index contributed by atoms with van der Waals surface area (Å²) in [5.41, 5.74) is 0.867. The average Bonchev–Trinajstić information content (AvgIpc) is 3.24. The minimum absolute atomic E-state index is 0.0804. The standard InChI is InChI=1S/C22H22N2O6S/c1-31-10-9-16(22(27)28)23-21(26)17(24-20(25)15-5-3-2-4-6-15)11-14-7-8-18-19(12-14)30-13-29-18/h2-8,11-12,16H,9-10,13H2,1H3,(H,23,26)(H,24,25)(H,27,28)/b17-11-/t16-/m0/s1. The van der Waals surface area contributed by atoms with Gasteiger partial charge in [0.15, 0.2) is 11.5 Å². The van der Waals surface area contributed by atoms with Gasteiger partial charge in [-0.3, -0.25) is 9.59 Å². The van der Waals surface area contributed by atoms with Crippen molar-refractivity contribution in [2.75, 3.05) is 18.8 Å². The van der Waals surface area contributed by atoms with Crippen molar-refractivity contribution in [1.29, 1.82) is 0 Å². The number of carboxylic acid groups (broad SMARTS) is 1. The summed E-state index contributed by atoms with van der Waals surface area (Å²) in [5, 5.41) is 14.5. The third kappa shape index (κ3) is 6.02. The Morgan fingerprint density at radius 3 is 2.58 bits per heavy atom. The van der Waals surface area contributed by atoms with E-state index in [1.807, 2.05) is 6.26 Å². The quantitative estimate of drug-likeness (QED) is 0.511. The molecular weight excluding hydrogens is 420 g/mol. The monoisotopic (exact) mass is 442 g/mol. The largest absolute Gasteiger partial charge is 0.480 e. The van der Waals surface area contributed by atoms with E-state index in [4.69, 9.17) is 9.47 Å². The second-order valence-electron chi connectivity index (χ2n) is 6.64. The maximum absolute atomic E-state index is 12.9. The summed E-state index contributed by atoms with van der Waals surface area (Å²) in [6.07, 6.45) is 3.57. The Balaban J connectivity index is 1.86. The highest BCUT2D eigenvalue weighted by Gasteiger charge is 2.23. The summed E-state index contributed by atoms with van der Waals surface area (Å²) in [6, 6.07) is 12.4. The molecule has 9 heteroatoms. The van der Waals surface area contributed by atoms with Crippen LogP contribution in [0.4, 0.5) is 0 Å². The molecule has 0 spiro atoms. The molecule has 3 rings (SSSR count). The molecule has 0 radical (unpaired) electrons. The minimum Gasteiger partial charge on any atom is -0.480 e. The lowest BCUT2D eigenvalue weighted by molar-refractivity contribution is -0.141. The highest BCUT2D eigenvalue weighted by molar-refractivity contribution is 7.98. The number of fused-ring (bicyclic) bond motifs is 1. The van der Waals surface area contributed by atoms with Gasteiger partial charge in [0.1, 0.15) is 11.7 Å². The number of ether oxygens (including phenoxy) is 2. The van der Waals surface area contributed by atoms with Gasteiger partial charge in [-0.15, -0.1) is 0 Å². The fraction of sp³-hybridized carbons (Fsp3) is 0.227. The van der Waals surface area contributed by atoms with E-state index in [9.17, 15) is 19.5 Å². The number of rotatable bonds is 9. The van der Waals surface area contributed by atoms with Crippen LogP contribution in [0.5, 0.6) is 11.5 Å². The zero-order chi connectivity index (χ0) is 22.2. The van der Waals surface area contributed by atoms with Crippen LogP contribution in [0, 0.1) is 0 Å². The van der Waals surface area contributed by atoms with Gasteiger partial charge in [0.05, 0.1) is 0 Å². The van der Waals surface area contributed by atoms with E-state index in [1.165, 1.54) is 17.8 Å². The van der Waals surface area contributed by atoms with Crippen molar-refractivity contribution in [3.8, 4) is 11.5 Å². The molecule has 162 valence electrons. The van der Waals surface area contributed by atoms with Crippen molar-refractivity contribution in [3.63, 3.8) is 0 Å². The Labute approximate surface area is 183 Å². The smallest absolute Gasteiger partial charge is 0.326 e. The molecule has 0 aliphatic carbocycles. The predicted octanol–water partition coefficient (Wildman–Crippen LogP) is 2.51. The fourth-order valence-electron chi connectivity index (χ4n) is 2.84. The van der Waals surface area contributed by atoms with Crippen molar-refractivity contribution in [2.24, 2.45) is 0 Å². The van der Waals surface area contributed by atoms with Gasteiger partial charge in [0, 0.05) is 5.56 Å². The van der Waals surface area contributed by atoms with Crippen LogP contribution in [0.25, 0.3) is 6.08 Å². The molecule has 2 amide bonds. The normalized spacial score (nSPS) is 13.4. The summed E-state index contributed by atoms with van der Waals surface area (Å²) in [6.45, 7) is 0.107. The van der Waals surface area contributed by atoms with Gasteiger partial charge >= 0.3 is 5.97 Å². The van der Waals surface area contributed by atoms with Gasteiger partial charge in [-0.2, -0.15) is 11.8 Å². The molecule has 1 heterocycles. The van der Waals surface area contributed by atoms with E-state index in [-0.39, 0.29) is 18.9 Å². The second kappa shape index (κ2) is 10.5. The number of aliphatic carboxylic acids is 1. The maximum atomic E-state index is 12.9. The lowest BCUT2D eigenvalue weighted by Gasteiger charge is -2.16. The molecule has 31 heavy (non-hydrogen) atoms. The molecule has 0 bridgehead atoms. The minimum atomic E-state index is -1.14. The molecule has 8 nitrogen and oxygen atoms in total. The van der Waals surface area contributed by atoms with Crippen LogP contribution in [-0.2, 0) is 9.59 Å². The number of benzene rings is 2. The van der Waals surface area contributed by atoms with Crippen molar-refractivity contribution in [3.05, 3.63) is 65.4 Å². The first kappa shape index (κ1) is 22.2. The molecule has 0 saturated carbocycles. The van der Waals surface area contributed by atoms with Crippen molar-refractivity contribution in [2.45, 2.75) is 12.5 Å². The highest BCUT2D eigenvalue weighted by atomic mass is 32.2. The van der Waals surface area contributed by atoms with E-state index < -0.39 is 23.8 Å². The number of hydrogen-bond donors (Lipinski definition) is 3. The average molecular weight is 442 g/mol. The molecule has 1 aliphatic rings. The van der Waals surface area contributed by atoms with Gasteiger partial charge in [-0.1, -0.05) is 24.3 Å². The van der Waals surface area contributed by atoms with Crippen LogP contribution in [0.3, 0.4) is 0 Å². The van der Waals surface area contributed by atoms with E-state index in [0.29, 0.717) is 28.4 Å². The Kier molecular flexibility index (Phi) is 7.55. The van der Waals surface area contributed by atoms with Crippen molar-refractivity contribution < 1.29 is 29.0 Å². The number of hydrogen-bond acceptors (Lipinski definition) is 6. The lowest BCUT2D eigenvalue weighted by Crippen LogP contribution is -2.44. The number of carboxylic acids is 1. The summed E-state index contributed by atoms with van der Waals surface area (Å²) in [5.74, 6) is -0.659. The van der Waals surface area contributed by atoms with E-state index in [0.717, 1.165) is 0 Å². The van der Waals surface area contributed by atoms with Crippen LogP contribution < -0.4 is 20.1 Å². The zero-order valence-electron chi connectivity index (χ0n) is 16.8. The number of thioether (sulfide) groups is 1. The highest BCUT2D eigenvalue weighted by Crippen LogP contribution is 2.33. The lowest BCUT2D eigenvalue weighted by atomic mass is 10.1. The number of carbonyl (C=O) groups excluding carboxylic acids is 2. The van der Waals surface area contributed by atoms with Gasteiger partial charge < -0.3 is 25.2 Å². The molecule has 1 atom stereocenters. The summed E-state index contributed by atoms with van der Waals surface area (Å²) >= 11 is 1.48. The van der Waals surface area contributed by atoms with Gasteiger partial charge in [-0.05, 0) is 54.3 Å². The first-order chi connectivity index (χ1) is 15.0. The summed E-state index contributed by atoms with van der Waals surface area (Å²) in [4.78, 5) is 37.1. The molecule has 0 unspecified atom stereocenters. The third-order valence-electron chi connectivity index (χ3n) is 4.45.